The number of Topliss-reactive ketones (excluding diaryl/α,β-unsaturated/α-hetero) is 1. The number of benzene rings is 2. The highest BCUT2D eigenvalue weighted by Crippen LogP contribution is 2.21. The highest BCUT2D eigenvalue weighted by atomic mass is 19.1. The fourth-order valence-corrected chi connectivity index (χ4v) is 3.13. The maximum absolute atomic E-state index is 12.8. The molecule has 1 aliphatic rings. The van der Waals surface area contributed by atoms with Gasteiger partial charge in [-0.25, -0.2) is 9.37 Å². The summed E-state index contributed by atoms with van der Waals surface area (Å²) in [6.45, 7) is -5.70. The summed E-state index contributed by atoms with van der Waals surface area (Å²) in [5.74, 6) is -0.381. The Bertz CT molecular complexity index is 1340. The Kier molecular flexibility index (Phi) is 4.64. The van der Waals surface area contributed by atoms with Crippen LogP contribution in [-0.2, 0) is 6.42 Å². The third kappa shape index (κ3) is 5.03. The van der Waals surface area contributed by atoms with Crippen LogP contribution in [0.15, 0.2) is 66.8 Å². The fraction of sp³-hybridized carbons (Fsp3) is 0.240. The van der Waals surface area contributed by atoms with E-state index >= 15 is 0 Å². The monoisotopic (exact) mass is 442 g/mol. The number of ketones is 1. The summed E-state index contributed by atoms with van der Waals surface area (Å²) in [6.07, 6.45) is 1.18. The topological polar surface area (TPSA) is 69.5 Å². The molecule has 3 aromatic rings. The van der Waals surface area contributed by atoms with Crippen LogP contribution in [0.1, 0.15) is 29.7 Å². The van der Waals surface area contributed by atoms with E-state index in [0.717, 1.165) is 4.90 Å². The summed E-state index contributed by atoms with van der Waals surface area (Å²) in [6, 6.07) is 13.3. The Balaban J connectivity index is 1.50. The molecule has 1 saturated heterocycles. The van der Waals surface area contributed by atoms with Gasteiger partial charge in [0.15, 0.2) is 5.78 Å². The molecule has 1 aliphatic heterocycles. The van der Waals surface area contributed by atoms with E-state index in [2.05, 4.69) is 9.72 Å². The molecular formula is C25H23FN4O2. The number of nitriles is 1. The molecule has 0 bridgehead atoms. The van der Waals surface area contributed by atoms with Gasteiger partial charge in [0, 0.05) is 50.0 Å². The number of aromatic nitrogens is 1. The number of alkyl halides is 1. The average Bonchev–Trinajstić information content (AvgIpc) is 2.83. The van der Waals surface area contributed by atoms with E-state index in [9.17, 15) is 9.18 Å². The second-order valence-electron chi connectivity index (χ2n) is 6.90. The van der Waals surface area contributed by atoms with Crippen molar-refractivity contribution in [2.24, 2.45) is 0 Å². The lowest BCUT2D eigenvalue weighted by atomic mass is 10.0. The van der Waals surface area contributed by atoms with Crippen LogP contribution in [0, 0.1) is 11.3 Å². The smallest absolute Gasteiger partial charge is 0.228 e. The lowest BCUT2D eigenvalue weighted by Gasteiger charge is -2.36. The van der Waals surface area contributed by atoms with Crippen molar-refractivity contribution in [3.63, 3.8) is 0 Å². The van der Waals surface area contributed by atoms with Crippen molar-refractivity contribution >= 4 is 17.3 Å². The molecule has 1 aromatic heterocycles. The Hall–Kier alpha value is -3.92. The first-order chi connectivity index (χ1) is 17.9. The van der Waals surface area contributed by atoms with Crippen molar-refractivity contribution in [1.29, 1.82) is 5.26 Å². The van der Waals surface area contributed by atoms with Crippen molar-refractivity contribution < 1.29 is 22.1 Å². The standard InChI is InChI=1S/C25H23FN4O2/c26-18-32-23-8-4-21(5-9-23)24(31)15-19-1-6-22(7-2-19)29-11-13-30(14-12-29)25-10-3-20(16-27)17-28-25/h1-10,17H,11-15,18H2/i4T,5T,13T2,14T2. The molecule has 7 heteroatoms. The largest absolute Gasteiger partial charge is 0.463 e. The zero-order valence-electron chi connectivity index (χ0n) is 23.0. The predicted molar refractivity (Wildman–Crippen MR) is 121 cm³/mol. The molecule has 0 saturated carbocycles. The Labute approximate surface area is 194 Å². The number of nitrogens with zero attached hydrogens (tertiary/aromatic N) is 4. The Morgan fingerprint density at radius 2 is 1.84 bits per heavy atom. The molecule has 1 fully saturated rings. The Morgan fingerprint density at radius 3 is 2.44 bits per heavy atom. The molecule has 0 spiro atoms. The van der Waals surface area contributed by atoms with Gasteiger partial charge in [-0.2, -0.15) is 5.26 Å². The van der Waals surface area contributed by atoms with Gasteiger partial charge in [-0.1, -0.05) is 12.1 Å². The van der Waals surface area contributed by atoms with E-state index in [-0.39, 0.29) is 54.3 Å². The molecule has 6 nitrogen and oxygen atoms in total. The second kappa shape index (κ2) is 9.92. The normalized spacial score (nSPS) is 19.4. The van der Waals surface area contributed by atoms with Gasteiger partial charge in [-0.15, -0.1) is 0 Å². The lowest BCUT2D eigenvalue weighted by molar-refractivity contribution is 0.0993. The minimum absolute atomic E-state index is 0.00168. The molecule has 4 rings (SSSR count). The minimum atomic E-state index is -2.13. The summed E-state index contributed by atoms with van der Waals surface area (Å²) in [5, 5.41) is 8.97. The predicted octanol–water partition coefficient (Wildman–Crippen LogP) is 4.01. The summed E-state index contributed by atoms with van der Waals surface area (Å²) in [7, 11) is 0. The van der Waals surface area contributed by atoms with Gasteiger partial charge in [0.1, 0.15) is 17.6 Å². The highest BCUT2D eigenvalue weighted by molar-refractivity contribution is 5.97. The van der Waals surface area contributed by atoms with Crippen LogP contribution in [0.4, 0.5) is 15.9 Å². The number of hydrogen-bond donors (Lipinski definition) is 0. The molecule has 0 aliphatic carbocycles. The summed E-state index contributed by atoms with van der Waals surface area (Å²) < 4.78 is 67.4. The first-order valence-electron chi connectivity index (χ1n) is 12.8. The zero-order valence-corrected chi connectivity index (χ0v) is 17.0. The van der Waals surface area contributed by atoms with Crippen LogP contribution in [0.25, 0.3) is 0 Å². The Morgan fingerprint density at radius 1 is 1.12 bits per heavy atom. The summed E-state index contributed by atoms with van der Waals surface area (Å²) in [4.78, 5) is 19.4. The summed E-state index contributed by atoms with van der Waals surface area (Å²) >= 11 is 0. The second-order valence-corrected chi connectivity index (χ2v) is 6.90. The molecule has 0 amide bonds. The number of piperazine rings is 1. The first kappa shape index (κ1) is 15.0. The van der Waals surface area contributed by atoms with Gasteiger partial charge in [-0.3, -0.25) is 4.79 Å². The third-order valence-corrected chi connectivity index (χ3v) is 4.83. The summed E-state index contributed by atoms with van der Waals surface area (Å²) in [5.41, 5.74) is 1.33. The minimum Gasteiger partial charge on any atom is -0.463 e. The maximum Gasteiger partial charge on any atom is 0.228 e. The number of carbonyl (C=O) groups excluding carboxylic acids is 1. The van der Waals surface area contributed by atoms with Crippen LogP contribution in [0.5, 0.6) is 5.75 Å². The fourth-order valence-electron chi connectivity index (χ4n) is 3.13. The van der Waals surface area contributed by atoms with E-state index in [1.807, 2.05) is 6.07 Å². The highest BCUT2D eigenvalue weighted by Gasteiger charge is 2.18. The number of halogens is 1. The molecule has 2 heterocycles. The van der Waals surface area contributed by atoms with Gasteiger partial charge in [0.05, 0.1) is 13.8 Å². The lowest BCUT2D eigenvalue weighted by Crippen LogP contribution is -2.46. The van der Waals surface area contributed by atoms with Gasteiger partial charge >= 0.3 is 0 Å². The number of carbonyl (C=O) groups is 1. The van der Waals surface area contributed by atoms with Gasteiger partial charge in [-0.05, 0) is 54.0 Å². The van der Waals surface area contributed by atoms with Crippen molar-refractivity contribution in [3.05, 3.63) is 83.5 Å². The quantitative estimate of drug-likeness (QED) is 0.515. The van der Waals surface area contributed by atoms with E-state index in [4.69, 9.17) is 13.5 Å². The molecule has 0 N–H and O–H groups in total. The third-order valence-electron chi connectivity index (χ3n) is 4.83. The molecule has 0 radical (unpaired) electrons. The van der Waals surface area contributed by atoms with Crippen molar-refractivity contribution in [2.75, 3.05) is 42.7 Å². The van der Waals surface area contributed by atoms with Crippen molar-refractivity contribution in [3.8, 4) is 11.8 Å². The number of hydrogen-bond acceptors (Lipinski definition) is 6. The van der Waals surface area contributed by atoms with Gasteiger partial charge in [0.2, 0.25) is 6.86 Å². The molecule has 162 valence electrons. The van der Waals surface area contributed by atoms with E-state index in [1.54, 1.807) is 29.2 Å². The SMILES string of the molecule is [3H]c1cc(OCF)cc([3H])c1C(=O)Cc1ccc(N2CC([3H])([3H])N(c3ccc(C#N)cn3)C([3H])([3H])C2)cc1. The van der Waals surface area contributed by atoms with Gasteiger partial charge < -0.3 is 14.5 Å². The number of ether oxygens (including phenoxy) is 1. The maximum atomic E-state index is 12.8. The van der Waals surface area contributed by atoms with Crippen LogP contribution in [0.2, 0.25) is 0 Å². The molecule has 0 atom stereocenters. The number of pyridine rings is 1. The van der Waals surface area contributed by atoms with E-state index in [0.29, 0.717) is 11.3 Å². The van der Waals surface area contributed by atoms with Crippen LogP contribution in [-0.4, -0.2) is 43.7 Å². The zero-order chi connectivity index (χ0) is 27.7. The molecular weight excluding hydrogens is 407 g/mol. The first-order valence-corrected chi connectivity index (χ1v) is 9.79. The average molecular weight is 443 g/mol. The molecule has 2 aromatic carbocycles. The molecule has 32 heavy (non-hydrogen) atoms. The molecule has 0 unspecified atom stereocenters. The van der Waals surface area contributed by atoms with E-state index < -0.39 is 25.6 Å². The van der Waals surface area contributed by atoms with E-state index in [1.165, 1.54) is 30.5 Å². The van der Waals surface area contributed by atoms with Crippen LogP contribution in [0.3, 0.4) is 0 Å². The van der Waals surface area contributed by atoms with Crippen molar-refractivity contribution in [1.82, 2.24) is 4.98 Å². The number of rotatable bonds is 7. The number of anilines is 2. The van der Waals surface area contributed by atoms with Crippen LogP contribution >= 0.6 is 0 Å². The van der Waals surface area contributed by atoms with Gasteiger partial charge in [0.25, 0.3) is 0 Å². The van der Waals surface area contributed by atoms with Crippen LogP contribution < -0.4 is 14.5 Å². The van der Waals surface area contributed by atoms with Crippen molar-refractivity contribution in [2.45, 2.75) is 6.42 Å².